The van der Waals surface area contributed by atoms with E-state index in [0.717, 1.165) is 54.2 Å². The Morgan fingerprint density at radius 3 is 3.00 bits per heavy atom. The lowest BCUT2D eigenvalue weighted by atomic mass is 10.1. The number of carbonyl (C=O) groups is 1. The van der Waals surface area contributed by atoms with Gasteiger partial charge in [0.1, 0.15) is 18.2 Å². The summed E-state index contributed by atoms with van der Waals surface area (Å²) in [7, 11) is 0. The first-order chi connectivity index (χ1) is 12.1. The molecule has 25 heavy (non-hydrogen) atoms. The number of amides is 1. The molecule has 0 saturated carbocycles. The van der Waals surface area contributed by atoms with Gasteiger partial charge in [-0.1, -0.05) is 19.1 Å². The predicted molar refractivity (Wildman–Crippen MR) is 96.3 cm³/mol. The molecule has 0 radical (unpaired) electrons. The Kier molecular flexibility index (Phi) is 4.03. The van der Waals surface area contributed by atoms with Crippen LogP contribution in [0.5, 0.6) is 0 Å². The Morgan fingerprint density at radius 1 is 1.32 bits per heavy atom. The molecule has 1 aromatic carbocycles. The summed E-state index contributed by atoms with van der Waals surface area (Å²) in [5, 5.41) is 3.19. The number of imidazole rings is 2. The Hall–Kier alpha value is -2.63. The minimum Gasteiger partial charge on any atom is -0.350 e. The van der Waals surface area contributed by atoms with Crippen LogP contribution in [0.25, 0.3) is 11.0 Å². The second-order valence-electron chi connectivity index (χ2n) is 6.71. The molecular weight excluding hydrogens is 314 g/mol. The standard InChI is InChI=1S/C19H23N5O/c1-3-17-22-15-6-4-5-7-16(15)24(17)12-19(25)21-14-8-9-18-20-13(2)10-23(18)11-14/h4-7,10,14H,3,8-9,11-12H2,1-2H3,(H,21,25). The van der Waals surface area contributed by atoms with E-state index in [1.807, 2.05) is 35.8 Å². The van der Waals surface area contributed by atoms with Crippen molar-refractivity contribution in [3.05, 3.63) is 47.8 Å². The molecule has 1 aliphatic heterocycles. The van der Waals surface area contributed by atoms with Crippen LogP contribution in [0, 0.1) is 6.92 Å². The minimum atomic E-state index is 0.0446. The van der Waals surface area contributed by atoms with Gasteiger partial charge in [-0.25, -0.2) is 9.97 Å². The summed E-state index contributed by atoms with van der Waals surface area (Å²) >= 11 is 0. The summed E-state index contributed by atoms with van der Waals surface area (Å²) in [6.07, 6.45) is 4.72. The molecule has 0 aliphatic carbocycles. The first kappa shape index (κ1) is 15.9. The fraction of sp³-hybridized carbons (Fsp3) is 0.421. The van der Waals surface area contributed by atoms with Crippen molar-refractivity contribution in [1.29, 1.82) is 0 Å². The van der Waals surface area contributed by atoms with Gasteiger partial charge >= 0.3 is 0 Å². The Bertz CT molecular complexity index is 923. The van der Waals surface area contributed by atoms with Crippen molar-refractivity contribution in [2.24, 2.45) is 0 Å². The van der Waals surface area contributed by atoms with E-state index in [9.17, 15) is 4.79 Å². The Morgan fingerprint density at radius 2 is 2.16 bits per heavy atom. The SMILES string of the molecule is CCc1nc2ccccc2n1CC(=O)NC1CCc2nc(C)cn2C1. The number of fused-ring (bicyclic) bond motifs is 2. The second-order valence-corrected chi connectivity index (χ2v) is 6.71. The van der Waals surface area contributed by atoms with E-state index in [1.54, 1.807) is 0 Å². The van der Waals surface area contributed by atoms with Crippen molar-refractivity contribution in [1.82, 2.24) is 24.4 Å². The summed E-state index contributed by atoms with van der Waals surface area (Å²) in [5.41, 5.74) is 3.01. The van der Waals surface area contributed by atoms with Gasteiger partial charge in [0.15, 0.2) is 0 Å². The normalized spacial score (nSPS) is 16.8. The maximum absolute atomic E-state index is 12.6. The van der Waals surface area contributed by atoms with Crippen molar-refractivity contribution in [3.63, 3.8) is 0 Å². The molecule has 0 bridgehead atoms. The van der Waals surface area contributed by atoms with Crippen LogP contribution in [0.2, 0.25) is 0 Å². The van der Waals surface area contributed by atoms with Crippen LogP contribution < -0.4 is 5.32 Å². The fourth-order valence-electron chi connectivity index (χ4n) is 3.69. The molecule has 6 nitrogen and oxygen atoms in total. The number of para-hydroxylation sites is 2. The zero-order chi connectivity index (χ0) is 17.4. The molecule has 1 N–H and O–H groups in total. The molecule has 1 atom stereocenters. The van der Waals surface area contributed by atoms with Gasteiger partial charge in [0.2, 0.25) is 5.91 Å². The van der Waals surface area contributed by atoms with Crippen LogP contribution in [0.4, 0.5) is 0 Å². The third-order valence-electron chi connectivity index (χ3n) is 4.83. The first-order valence-corrected chi connectivity index (χ1v) is 8.90. The van der Waals surface area contributed by atoms with Crippen molar-refractivity contribution < 1.29 is 4.79 Å². The zero-order valence-electron chi connectivity index (χ0n) is 14.7. The lowest BCUT2D eigenvalue weighted by Gasteiger charge is -2.25. The summed E-state index contributed by atoms with van der Waals surface area (Å²) in [4.78, 5) is 21.8. The van der Waals surface area contributed by atoms with Crippen LogP contribution in [0.1, 0.15) is 30.7 Å². The smallest absolute Gasteiger partial charge is 0.240 e. The molecule has 130 valence electrons. The fourth-order valence-corrected chi connectivity index (χ4v) is 3.69. The highest BCUT2D eigenvalue weighted by Gasteiger charge is 2.22. The molecule has 4 rings (SSSR count). The highest BCUT2D eigenvalue weighted by Crippen LogP contribution is 2.17. The van der Waals surface area contributed by atoms with Crippen molar-refractivity contribution >= 4 is 16.9 Å². The van der Waals surface area contributed by atoms with Gasteiger partial charge in [-0.05, 0) is 25.5 Å². The minimum absolute atomic E-state index is 0.0446. The largest absolute Gasteiger partial charge is 0.350 e. The second kappa shape index (κ2) is 6.35. The van der Waals surface area contributed by atoms with Gasteiger partial charge in [0.25, 0.3) is 0 Å². The first-order valence-electron chi connectivity index (χ1n) is 8.90. The quantitative estimate of drug-likeness (QED) is 0.794. The van der Waals surface area contributed by atoms with Crippen LogP contribution in [-0.4, -0.2) is 31.1 Å². The highest BCUT2D eigenvalue weighted by molar-refractivity contribution is 5.81. The maximum atomic E-state index is 12.6. The van der Waals surface area contributed by atoms with E-state index in [4.69, 9.17) is 0 Å². The number of benzene rings is 1. The van der Waals surface area contributed by atoms with Crippen molar-refractivity contribution in [3.8, 4) is 0 Å². The summed E-state index contributed by atoms with van der Waals surface area (Å²) in [6, 6.07) is 8.14. The van der Waals surface area contributed by atoms with Crippen molar-refractivity contribution in [2.45, 2.75) is 52.2 Å². The Labute approximate surface area is 146 Å². The lowest BCUT2D eigenvalue weighted by Crippen LogP contribution is -2.42. The zero-order valence-corrected chi connectivity index (χ0v) is 14.7. The van der Waals surface area contributed by atoms with Crippen LogP contribution in [0.15, 0.2) is 30.5 Å². The van der Waals surface area contributed by atoms with E-state index in [1.165, 1.54) is 0 Å². The third-order valence-corrected chi connectivity index (χ3v) is 4.83. The number of hydrogen-bond donors (Lipinski definition) is 1. The molecule has 0 saturated heterocycles. The molecule has 2 aromatic heterocycles. The molecule has 3 aromatic rings. The number of carbonyl (C=O) groups excluding carboxylic acids is 1. The number of hydrogen-bond acceptors (Lipinski definition) is 3. The van der Waals surface area contributed by atoms with Gasteiger partial charge in [-0.3, -0.25) is 4.79 Å². The number of nitrogens with zero attached hydrogens (tertiary/aromatic N) is 4. The maximum Gasteiger partial charge on any atom is 0.240 e. The van der Waals surface area contributed by atoms with E-state index >= 15 is 0 Å². The van der Waals surface area contributed by atoms with E-state index < -0.39 is 0 Å². The van der Waals surface area contributed by atoms with E-state index in [0.29, 0.717) is 6.54 Å². The van der Waals surface area contributed by atoms with Crippen LogP contribution in [-0.2, 0) is 30.7 Å². The topological polar surface area (TPSA) is 64.7 Å². The number of aromatic nitrogens is 4. The Balaban J connectivity index is 1.48. The van der Waals surface area contributed by atoms with Gasteiger partial charge in [-0.2, -0.15) is 0 Å². The number of rotatable bonds is 4. The predicted octanol–water partition coefficient (Wildman–Crippen LogP) is 2.23. The average Bonchev–Trinajstić information content (AvgIpc) is 3.14. The average molecular weight is 337 g/mol. The summed E-state index contributed by atoms with van der Waals surface area (Å²) < 4.78 is 4.19. The number of nitrogens with one attached hydrogen (secondary N) is 1. The summed E-state index contributed by atoms with van der Waals surface area (Å²) in [5.74, 6) is 2.12. The van der Waals surface area contributed by atoms with Gasteiger partial charge in [-0.15, -0.1) is 0 Å². The monoisotopic (exact) mass is 337 g/mol. The molecule has 3 heterocycles. The van der Waals surface area contributed by atoms with Crippen LogP contribution in [0.3, 0.4) is 0 Å². The van der Waals surface area contributed by atoms with Crippen molar-refractivity contribution in [2.75, 3.05) is 0 Å². The van der Waals surface area contributed by atoms with Gasteiger partial charge in [0.05, 0.1) is 16.7 Å². The summed E-state index contributed by atoms with van der Waals surface area (Å²) in [6.45, 7) is 5.19. The van der Waals surface area contributed by atoms with Crippen LogP contribution >= 0.6 is 0 Å². The molecule has 0 spiro atoms. The third kappa shape index (κ3) is 3.04. The number of aryl methyl sites for hydroxylation is 3. The molecule has 1 amide bonds. The van der Waals surface area contributed by atoms with E-state index in [-0.39, 0.29) is 11.9 Å². The molecule has 0 fully saturated rings. The molecule has 6 heteroatoms. The van der Waals surface area contributed by atoms with Gasteiger partial charge in [0, 0.05) is 31.6 Å². The molecular formula is C19H23N5O. The molecule has 1 unspecified atom stereocenters. The highest BCUT2D eigenvalue weighted by atomic mass is 16.2. The lowest BCUT2D eigenvalue weighted by molar-refractivity contribution is -0.122. The molecule has 1 aliphatic rings. The van der Waals surface area contributed by atoms with Gasteiger partial charge < -0.3 is 14.5 Å². The van der Waals surface area contributed by atoms with E-state index in [2.05, 4.69) is 33.0 Å².